The first-order valence-electron chi connectivity index (χ1n) is 12.2. The number of piperidine rings is 1. The van der Waals surface area contributed by atoms with Crippen LogP contribution in [-0.4, -0.2) is 22.6 Å². The molecule has 0 radical (unpaired) electrons. The molecule has 0 unspecified atom stereocenters. The number of rotatable bonds is 7. The van der Waals surface area contributed by atoms with Crippen LogP contribution >= 0.6 is 0 Å². The van der Waals surface area contributed by atoms with Crippen molar-refractivity contribution >= 4 is 0 Å². The van der Waals surface area contributed by atoms with E-state index in [4.69, 9.17) is 0 Å². The fraction of sp³-hybridized carbons (Fsp3) is 0.379. The maximum atomic E-state index is 14.1. The lowest BCUT2D eigenvalue weighted by molar-refractivity contribution is 0.219. The Hall–Kier alpha value is -3.16. The van der Waals surface area contributed by atoms with E-state index < -0.39 is 0 Å². The van der Waals surface area contributed by atoms with Crippen molar-refractivity contribution in [3.63, 3.8) is 0 Å². The number of aromatic nitrogens is 1. The highest BCUT2D eigenvalue weighted by Crippen LogP contribution is 2.30. The van der Waals surface area contributed by atoms with E-state index in [1.165, 1.54) is 19.3 Å². The monoisotopic (exact) mass is 439 g/mol. The third-order valence-electron chi connectivity index (χ3n) is 6.71. The highest BCUT2D eigenvalue weighted by molar-refractivity contribution is 5.77. The van der Waals surface area contributed by atoms with Gasteiger partial charge in [-0.25, -0.2) is 0 Å². The number of pyridine rings is 1. The Kier molecular flexibility index (Phi) is 7.42. The van der Waals surface area contributed by atoms with E-state index in [-0.39, 0.29) is 5.56 Å². The second-order valence-corrected chi connectivity index (χ2v) is 9.05. The van der Waals surface area contributed by atoms with Gasteiger partial charge in [0.15, 0.2) is 0 Å². The summed E-state index contributed by atoms with van der Waals surface area (Å²) in [5, 5.41) is 9.71. The number of likely N-dealkylation sites (tertiary alicyclic amines) is 1. The number of hydrogen-bond acceptors (Lipinski definition) is 3. The highest BCUT2D eigenvalue weighted by atomic mass is 16.1. The molecule has 0 aliphatic carbocycles. The number of unbranched alkanes of at least 4 members (excludes halogenated alkanes) is 1. The van der Waals surface area contributed by atoms with Crippen LogP contribution in [0.4, 0.5) is 0 Å². The van der Waals surface area contributed by atoms with Crippen LogP contribution < -0.4 is 5.56 Å². The molecule has 4 rings (SSSR count). The Morgan fingerprint density at radius 3 is 2.39 bits per heavy atom. The Morgan fingerprint density at radius 2 is 1.67 bits per heavy atom. The fourth-order valence-corrected chi connectivity index (χ4v) is 4.89. The molecule has 0 spiro atoms. The van der Waals surface area contributed by atoms with E-state index in [0.717, 1.165) is 66.0 Å². The Balaban J connectivity index is 1.90. The second-order valence-electron chi connectivity index (χ2n) is 9.05. The van der Waals surface area contributed by atoms with Crippen molar-refractivity contribution < 1.29 is 0 Å². The Bertz CT molecular complexity index is 1210. The minimum atomic E-state index is 0.0774. The summed E-state index contributed by atoms with van der Waals surface area (Å²) in [5.74, 6) is 0. The summed E-state index contributed by atoms with van der Waals surface area (Å²) in [5.41, 5.74) is 6.36. The molecule has 0 bridgehead atoms. The maximum absolute atomic E-state index is 14.1. The third-order valence-corrected chi connectivity index (χ3v) is 6.71. The number of benzene rings is 2. The first-order chi connectivity index (χ1) is 16.1. The minimum Gasteiger partial charge on any atom is -0.299 e. The first kappa shape index (κ1) is 23.0. The SMILES string of the molecule is CCCCc1cc(C)c(CN2CCCCC2)c(=O)n1-c1ccccc1-c1ccccc1C#N. The normalized spacial score (nSPS) is 14.2. The van der Waals surface area contributed by atoms with Crippen molar-refractivity contribution in [2.24, 2.45) is 0 Å². The zero-order chi connectivity index (χ0) is 23.2. The Morgan fingerprint density at radius 1 is 0.970 bits per heavy atom. The molecule has 4 heteroatoms. The number of nitrogens with zero attached hydrogens (tertiary/aromatic N) is 3. The summed E-state index contributed by atoms with van der Waals surface area (Å²) >= 11 is 0. The van der Waals surface area contributed by atoms with Gasteiger partial charge in [-0.15, -0.1) is 0 Å². The van der Waals surface area contributed by atoms with E-state index in [2.05, 4.69) is 30.9 Å². The van der Waals surface area contributed by atoms with Crippen LogP contribution in [0.1, 0.15) is 61.4 Å². The van der Waals surface area contributed by atoms with Crippen LogP contribution in [0.15, 0.2) is 59.4 Å². The predicted molar refractivity (Wildman–Crippen MR) is 135 cm³/mol. The summed E-state index contributed by atoms with van der Waals surface area (Å²) in [7, 11) is 0. The molecule has 4 nitrogen and oxygen atoms in total. The second kappa shape index (κ2) is 10.6. The number of nitriles is 1. The van der Waals surface area contributed by atoms with Gasteiger partial charge in [-0.05, 0) is 69.5 Å². The lowest BCUT2D eigenvalue weighted by Crippen LogP contribution is -2.34. The summed E-state index contributed by atoms with van der Waals surface area (Å²) in [6, 6.07) is 20.2. The summed E-state index contributed by atoms with van der Waals surface area (Å²) < 4.78 is 1.92. The van der Waals surface area contributed by atoms with Gasteiger partial charge in [0, 0.05) is 28.9 Å². The molecule has 2 aromatic carbocycles. The van der Waals surface area contributed by atoms with Gasteiger partial charge >= 0.3 is 0 Å². The summed E-state index contributed by atoms with van der Waals surface area (Å²) in [6.45, 7) is 7.08. The van der Waals surface area contributed by atoms with Crippen LogP contribution in [0.3, 0.4) is 0 Å². The van der Waals surface area contributed by atoms with Crippen molar-refractivity contribution in [1.82, 2.24) is 9.47 Å². The molecule has 1 saturated heterocycles. The highest BCUT2D eigenvalue weighted by Gasteiger charge is 2.20. The topological polar surface area (TPSA) is 49.0 Å². The third kappa shape index (κ3) is 4.94. The number of aryl methyl sites for hydroxylation is 2. The molecule has 0 atom stereocenters. The van der Waals surface area contributed by atoms with E-state index in [1.807, 2.05) is 53.1 Å². The van der Waals surface area contributed by atoms with Crippen molar-refractivity contribution in [3.8, 4) is 22.9 Å². The molecule has 0 saturated carbocycles. The average molecular weight is 440 g/mol. The molecule has 1 aromatic heterocycles. The number of para-hydroxylation sites is 1. The first-order valence-corrected chi connectivity index (χ1v) is 12.2. The predicted octanol–water partition coefficient (Wildman–Crippen LogP) is 6.01. The summed E-state index contributed by atoms with van der Waals surface area (Å²) in [4.78, 5) is 16.5. The largest absolute Gasteiger partial charge is 0.299 e. The van der Waals surface area contributed by atoms with Gasteiger partial charge in [0.1, 0.15) is 0 Å². The molecule has 3 aromatic rings. The van der Waals surface area contributed by atoms with Crippen molar-refractivity contribution in [3.05, 3.63) is 87.3 Å². The minimum absolute atomic E-state index is 0.0774. The van der Waals surface area contributed by atoms with Crippen LogP contribution in [0.25, 0.3) is 16.8 Å². The van der Waals surface area contributed by atoms with E-state index >= 15 is 0 Å². The van der Waals surface area contributed by atoms with Crippen molar-refractivity contribution in [2.45, 2.75) is 58.9 Å². The average Bonchev–Trinajstić information content (AvgIpc) is 2.86. The van der Waals surface area contributed by atoms with E-state index in [1.54, 1.807) is 0 Å². The standard InChI is InChI=1S/C29H33N3O/c1-3-4-13-24-19-22(2)27(21-31-17-10-5-11-18-31)29(33)32(24)28-16-9-8-15-26(28)25-14-7-6-12-23(25)20-30/h6-9,12,14-16,19H,3-5,10-11,13,17-18,21H2,1-2H3. The lowest BCUT2D eigenvalue weighted by atomic mass is 9.97. The van der Waals surface area contributed by atoms with Crippen molar-refractivity contribution in [2.75, 3.05) is 13.1 Å². The molecule has 170 valence electrons. The zero-order valence-electron chi connectivity index (χ0n) is 19.8. The van der Waals surface area contributed by atoms with Gasteiger partial charge in [-0.3, -0.25) is 14.3 Å². The zero-order valence-corrected chi connectivity index (χ0v) is 19.8. The molecule has 1 fully saturated rings. The van der Waals surface area contributed by atoms with E-state index in [9.17, 15) is 10.1 Å². The smallest absolute Gasteiger partial charge is 0.260 e. The maximum Gasteiger partial charge on any atom is 0.260 e. The van der Waals surface area contributed by atoms with Gasteiger partial charge in [0.05, 0.1) is 17.3 Å². The van der Waals surface area contributed by atoms with Crippen LogP contribution in [0.5, 0.6) is 0 Å². The van der Waals surface area contributed by atoms with Gasteiger partial charge in [0.2, 0.25) is 0 Å². The molecular weight excluding hydrogens is 406 g/mol. The lowest BCUT2D eigenvalue weighted by Gasteiger charge is -2.27. The molecule has 2 heterocycles. The van der Waals surface area contributed by atoms with Gasteiger partial charge in [-0.2, -0.15) is 5.26 Å². The van der Waals surface area contributed by atoms with Crippen LogP contribution in [0, 0.1) is 18.3 Å². The van der Waals surface area contributed by atoms with Crippen molar-refractivity contribution in [1.29, 1.82) is 5.26 Å². The quantitative estimate of drug-likeness (QED) is 0.453. The van der Waals surface area contributed by atoms with E-state index in [0.29, 0.717) is 12.1 Å². The van der Waals surface area contributed by atoms with Gasteiger partial charge < -0.3 is 0 Å². The fourth-order valence-electron chi connectivity index (χ4n) is 4.89. The summed E-state index contributed by atoms with van der Waals surface area (Å²) in [6.07, 6.45) is 6.64. The van der Waals surface area contributed by atoms with Gasteiger partial charge in [0.25, 0.3) is 5.56 Å². The van der Waals surface area contributed by atoms with Gasteiger partial charge in [-0.1, -0.05) is 56.2 Å². The van der Waals surface area contributed by atoms with Crippen LogP contribution in [-0.2, 0) is 13.0 Å². The molecule has 1 aliphatic heterocycles. The molecule has 0 amide bonds. The molecule has 33 heavy (non-hydrogen) atoms. The number of hydrogen-bond donors (Lipinski definition) is 0. The molecule has 0 N–H and O–H groups in total. The molecular formula is C29H33N3O. The Labute approximate surface area is 197 Å². The van der Waals surface area contributed by atoms with Crippen LogP contribution in [0.2, 0.25) is 0 Å². The molecule has 1 aliphatic rings.